The minimum absolute atomic E-state index is 0.168. The standard InChI is InChI=1S/C14H8ClNO4S/c15-21(19,20)10-5-3-4-9(8-10)16-13(17)11-6-1-2-7-12(11)14(16)18/h1-8H. The molecule has 0 aromatic heterocycles. The minimum atomic E-state index is -3.93. The minimum Gasteiger partial charge on any atom is -0.268 e. The van der Waals surface area contributed by atoms with Crippen LogP contribution in [0.4, 0.5) is 5.69 Å². The van der Waals surface area contributed by atoms with E-state index in [-0.39, 0.29) is 10.6 Å². The summed E-state index contributed by atoms with van der Waals surface area (Å²) in [4.78, 5) is 25.4. The number of amides is 2. The summed E-state index contributed by atoms with van der Waals surface area (Å²) in [5, 5.41) is 0. The van der Waals surface area contributed by atoms with Crippen molar-refractivity contribution in [3.63, 3.8) is 0 Å². The van der Waals surface area contributed by atoms with Crippen molar-refractivity contribution >= 4 is 37.2 Å². The predicted molar refractivity (Wildman–Crippen MR) is 77.1 cm³/mol. The maximum absolute atomic E-state index is 12.3. The topological polar surface area (TPSA) is 71.5 Å². The van der Waals surface area contributed by atoms with E-state index in [2.05, 4.69) is 0 Å². The highest BCUT2D eigenvalue weighted by molar-refractivity contribution is 8.13. The molecule has 2 aromatic carbocycles. The summed E-state index contributed by atoms with van der Waals surface area (Å²) in [5.41, 5.74) is 0.756. The van der Waals surface area contributed by atoms with Crippen molar-refractivity contribution in [1.82, 2.24) is 0 Å². The van der Waals surface area contributed by atoms with Gasteiger partial charge in [0.25, 0.3) is 20.9 Å². The highest BCUT2D eigenvalue weighted by atomic mass is 35.7. The van der Waals surface area contributed by atoms with E-state index in [0.717, 1.165) is 4.90 Å². The van der Waals surface area contributed by atoms with Crippen molar-refractivity contribution in [2.75, 3.05) is 4.90 Å². The number of hydrogen-bond donors (Lipinski definition) is 0. The summed E-state index contributed by atoms with van der Waals surface area (Å²) in [5.74, 6) is -0.973. The Balaban J connectivity index is 2.12. The van der Waals surface area contributed by atoms with E-state index in [1.165, 1.54) is 24.3 Å². The monoisotopic (exact) mass is 321 g/mol. The maximum Gasteiger partial charge on any atom is 0.266 e. The van der Waals surface area contributed by atoms with Gasteiger partial charge in [-0.2, -0.15) is 0 Å². The van der Waals surface area contributed by atoms with Gasteiger partial charge in [0.2, 0.25) is 0 Å². The molecule has 0 radical (unpaired) electrons. The lowest BCUT2D eigenvalue weighted by atomic mass is 10.1. The lowest BCUT2D eigenvalue weighted by molar-refractivity contribution is 0.0926. The molecule has 0 saturated carbocycles. The summed E-state index contributed by atoms with van der Waals surface area (Å²) in [6, 6.07) is 11.8. The molecule has 1 heterocycles. The van der Waals surface area contributed by atoms with E-state index in [1.54, 1.807) is 24.3 Å². The Labute approximate surface area is 125 Å². The van der Waals surface area contributed by atoms with E-state index in [9.17, 15) is 18.0 Å². The number of imide groups is 1. The van der Waals surface area contributed by atoms with E-state index in [1.807, 2.05) is 0 Å². The lowest BCUT2D eigenvalue weighted by Gasteiger charge is -2.14. The zero-order valence-electron chi connectivity index (χ0n) is 10.5. The zero-order valence-corrected chi connectivity index (χ0v) is 12.1. The molecule has 0 fully saturated rings. The lowest BCUT2D eigenvalue weighted by Crippen LogP contribution is -2.29. The van der Waals surface area contributed by atoms with Gasteiger partial charge in [0, 0.05) is 10.7 Å². The number of fused-ring (bicyclic) bond motifs is 1. The van der Waals surface area contributed by atoms with Crippen LogP contribution in [0, 0.1) is 0 Å². The third-order valence-electron chi connectivity index (χ3n) is 3.15. The van der Waals surface area contributed by atoms with Crippen LogP contribution in [-0.2, 0) is 9.05 Å². The van der Waals surface area contributed by atoms with Gasteiger partial charge < -0.3 is 0 Å². The van der Waals surface area contributed by atoms with E-state index >= 15 is 0 Å². The molecule has 0 atom stereocenters. The van der Waals surface area contributed by atoms with Gasteiger partial charge in [-0.25, -0.2) is 13.3 Å². The summed E-state index contributed by atoms with van der Waals surface area (Å²) in [6.45, 7) is 0. The fourth-order valence-corrected chi connectivity index (χ4v) is 2.99. The molecule has 7 heteroatoms. The molecule has 0 aliphatic carbocycles. The molecule has 106 valence electrons. The largest absolute Gasteiger partial charge is 0.268 e. The van der Waals surface area contributed by atoms with Gasteiger partial charge in [-0.1, -0.05) is 18.2 Å². The summed E-state index contributed by atoms with van der Waals surface area (Å²) < 4.78 is 22.7. The van der Waals surface area contributed by atoms with Crippen LogP contribution in [0.1, 0.15) is 20.7 Å². The number of benzene rings is 2. The number of carbonyl (C=O) groups excluding carboxylic acids is 2. The Bertz CT molecular complexity index is 841. The summed E-state index contributed by atoms with van der Waals surface area (Å²) >= 11 is 0. The van der Waals surface area contributed by atoms with Crippen molar-refractivity contribution in [3.05, 3.63) is 59.7 Å². The first-order valence-electron chi connectivity index (χ1n) is 5.92. The van der Waals surface area contributed by atoms with Gasteiger partial charge in [-0.15, -0.1) is 0 Å². The van der Waals surface area contributed by atoms with Gasteiger partial charge in [0.1, 0.15) is 0 Å². The fourth-order valence-electron chi connectivity index (χ4n) is 2.20. The van der Waals surface area contributed by atoms with Gasteiger partial charge in [-0.3, -0.25) is 9.59 Å². The molecule has 0 spiro atoms. The Morgan fingerprint density at radius 2 is 1.43 bits per heavy atom. The molecule has 2 amide bonds. The van der Waals surface area contributed by atoms with Gasteiger partial charge in [-0.05, 0) is 30.3 Å². The third-order valence-corrected chi connectivity index (χ3v) is 4.50. The maximum atomic E-state index is 12.3. The molecule has 1 aliphatic heterocycles. The first kappa shape index (κ1) is 13.8. The van der Waals surface area contributed by atoms with Crippen LogP contribution < -0.4 is 4.90 Å². The Morgan fingerprint density at radius 3 is 1.95 bits per heavy atom. The van der Waals surface area contributed by atoms with Gasteiger partial charge >= 0.3 is 0 Å². The van der Waals surface area contributed by atoms with Crippen LogP contribution in [0.15, 0.2) is 53.4 Å². The molecule has 5 nitrogen and oxygen atoms in total. The Hall–Kier alpha value is -2.18. The average Bonchev–Trinajstić information content (AvgIpc) is 2.71. The molecule has 3 rings (SSSR count). The molecule has 1 aliphatic rings. The van der Waals surface area contributed by atoms with E-state index < -0.39 is 20.9 Å². The van der Waals surface area contributed by atoms with Gasteiger partial charge in [0.05, 0.1) is 21.7 Å². The number of halogens is 1. The second kappa shape index (κ2) is 4.68. The predicted octanol–water partition coefficient (Wildman–Crippen LogP) is 2.41. The normalized spacial score (nSPS) is 14.4. The van der Waals surface area contributed by atoms with Crippen molar-refractivity contribution < 1.29 is 18.0 Å². The van der Waals surface area contributed by atoms with Crippen molar-refractivity contribution in [1.29, 1.82) is 0 Å². The third kappa shape index (κ3) is 2.22. The van der Waals surface area contributed by atoms with E-state index in [4.69, 9.17) is 10.7 Å². The highest BCUT2D eigenvalue weighted by Crippen LogP contribution is 2.30. The molecular formula is C14H8ClNO4S. The van der Waals surface area contributed by atoms with Crippen molar-refractivity contribution in [2.45, 2.75) is 4.90 Å². The molecule has 0 unspecified atom stereocenters. The quantitative estimate of drug-likeness (QED) is 0.629. The molecule has 2 aromatic rings. The van der Waals surface area contributed by atoms with Crippen LogP contribution in [-0.4, -0.2) is 20.2 Å². The molecule has 0 bridgehead atoms. The van der Waals surface area contributed by atoms with Crippen LogP contribution >= 0.6 is 10.7 Å². The first-order valence-corrected chi connectivity index (χ1v) is 8.23. The number of rotatable bonds is 2. The SMILES string of the molecule is O=C1c2ccccc2C(=O)N1c1cccc(S(=O)(=O)Cl)c1. The van der Waals surface area contributed by atoms with Gasteiger partial charge in [0.15, 0.2) is 0 Å². The highest BCUT2D eigenvalue weighted by Gasteiger charge is 2.36. The van der Waals surface area contributed by atoms with Crippen LogP contribution in [0.2, 0.25) is 0 Å². The Morgan fingerprint density at radius 1 is 0.857 bits per heavy atom. The Kier molecular flexibility index (Phi) is 3.07. The number of nitrogens with zero attached hydrogens (tertiary/aromatic N) is 1. The van der Waals surface area contributed by atoms with Crippen molar-refractivity contribution in [3.8, 4) is 0 Å². The van der Waals surface area contributed by atoms with Crippen LogP contribution in [0.5, 0.6) is 0 Å². The number of carbonyl (C=O) groups is 2. The first-order chi connectivity index (χ1) is 9.89. The molecule has 0 saturated heterocycles. The molecular weight excluding hydrogens is 314 g/mol. The smallest absolute Gasteiger partial charge is 0.266 e. The summed E-state index contributed by atoms with van der Waals surface area (Å²) in [6.07, 6.45) is 0. The second-order valence-corrected chi connectivity index (χ2v) is 6.99. The van der Waals surface area contributed by atoms with Crippen LogP contribution in [0.3, 0.4) is 0 Å². The van der Waals surface area contributed by atoms with E-state index in [0.29, 0.717) is 11.1 Å². The van der Waals surface area contributed by atoms with Crippen LogP contribution in [0.25, 0.3) is 0 Å². The second-order valence-electron chi connectivity index (χ2n) is 4.43. The zero-order chi connectivity index (χ0) is 15.2. The summed E-state index contributed by atoms with van der Waals surface area (Å²) in [7, 11) is 1.35. The van der Waals surface area contributed by atoms with Crippen molar-refractivity contribution in [2.24, 2.45) is 0 Å². The fraction of sp³-hybridized carbons (Fsp3) is 0. The average molecular weight is 322 g/mol. The number of anilines is 1. The molecule has 21 heavy (non-hydrogen) atoms. The number of hydrogen-bond acceptors (Lipinski definition) is 4. The molecule has 0 N–H and O–H groups in total.